The van der Waals surface area contributed by atoms with Gasteiger partial charge in [0, 0.05) is 27.2 Å². The molecule has 0 radical (unpaired) electrons. The molecule has 1 aromatic heterocycles. The van der Waals surface area contributed by atoms with Crippen molar-refractivity contribution in [1.82, 2.24) is 20.4 Å². The van der Waals surface area contributed by atoms with Gasteiger partial charge < -0.3 is 15.4 Å². The maximum absolute atomic E-state index is 10.5. The third-order valence-corrected chi connectivity index (χ3v) is 2.92. The predicted octanol–water partition coefficient (Wildman–Crippen LogP) is 0.999. The molecular formula is C12H23IN6O3. The van der Waals surface area contributed by atoms with Crippen molar-refractivity contribution >= 4 is 35.6 Å². The van der Waals surface area contributed by atoms with E-state index in [0.29, 0.717) is 25.6 Å². The number of nitrogens with one attached hydrogen (secondary N) is 2. The molecule has 126 valence electrons. The van der Waals surface area contributed by atoms with E-state index in [1.807, 2.05) is 13.8 Å². The molecular weight excluding hydrogens is 403 g/mol. The number of nitro groups is 1. The molecule has 10 heteroatoms. The lowest BCUT2D eigenvalue weighted by Crippen LogP contribution is -2.45. The number of methoxy groups -OCH3 is 1. The standard InChI is InChI=1S/C12H22N6O3.HI/c1-12(2,21-4)9-15-11(13-3)14-5-6-17-8-10(7-16-17)18(19)20;/h7-8H,5-6,9H2,1-4H3,(H2,13,14,15);1H. The number of aromatic nitrogens is 2. The molecule has 0 aliphatic carbocycles. The Morgan fingerprint density at radius 3 is 2.73 bits per heavy atom. The topological polar surface area (TPSA) is 107 Å². The normalized spacial score (nSPS) is 11.7. The highest BCUT2D eigenvalue weighted by molar-refractivity contribution is 14.0. The zero-order valence-corrected chi connectivity index (χ0v) is 15.5. The summed E-state index contributed by atoms with van der Waals surface area (Å²) in [5.74, 6) is 0.641. The average Bonchev–Trinajstić information content (AvgIpc) is 2.91. The quantitative estimate of drug-likeness (QED) is 0.222. The van der Waals surface area contributed by atoms with Crippen LogP contribution in [0.25, 0.3) is 0 Å². The van der Waals surface area contributed by atoms with Crippen LogP contribution in [0.5, 0.6) is 0 Å². The van der Waals surface area contributed by atoms with E-state index in [1.165, 1.54) is 17.1 Å². The second-order valence-electron chi connectivity index (χ2n) is 5.04. The Bertz CT molecular complexity index is 503. The van der Waals surface area contributed by atoms with Crippen molar-refractivity contribution < 1.29 is 9.66 Å². The molecule has 0 saturated carbocycles. The molecule has 0 bridgehead atoms. The number of aliphatic imine (C=N–C) groups is 1. The van der Waals surface area contributed by atoms with Gasteiger partial charge in [-0.05, 0) is 13.8 Å². The van der Waals surface area contributed by atoms with Gasteiger partial charge in [0.1, 0.15) is 12.4 Å². The fourth-order valence-corrected chi connectivity index (χ4v) is 1.45. The van der Waals surface area contributed by atoms with Gasteiger partial charge in [-0.3, -0.25) is 19.8 Å². The summed E-state index contributed by atoms with van der Waals surface area (Å²) in [7, 11) is 3.33. The van der Waals surface area contributed by atoms with Crippen LogP contribution in [0, 0.1) is 10.1 Å². The second-order valence-corrected chi connectivity index (χ2v) is 5.04. The zero-order chi connectivity index (χ0) is 15.9. The van der Waals surface area contributed by atoms with E-state index in [4.69, 9.17) is 4.74 Å². The van der Waals surface area contributed by atoms with Crippen molar-refractivity contribution in [3.05, 3.63) is 22.5 Å². The summed E-state index contributed by atoms with van der Waals surface area (Å²) in [4.78, 5) is 14.2. The lowest BCUT2D eigenvalue weighted by atomic mass is 10.1. The summed E-state index contributed by atoms with van der Waals surface area (Å²) in [6, 6.07) is 0. The fourth-order valence-electron chi connectivity index (χ4n) is 1.45. The molecule has 0 aromatic carbocycles. The first kappa shape index (κ1) is 20.6. The highest BCUT2D eigenvalue weighted by Crippen LogP contribution is 2.07. The number of nitrogens with zero attached hydrogens (tertiary/aromatic N) is 4. The Balaban J connectivity index is 0.00000441. The fraction of sp³-hybridized carbons (Fsp3) is 0.667. The SMILES string of the molecule is CN=C(NCCn1cc([N+](=O)[O-])cn1)NCC(C)(C)OC.I. The lowest BCUT2D eigenvalue weighted by Gasteiger charge is -2.24. The van der Waals surface area contributed by atoms with Crippen LogP contribution in [0.1, 0.15) is 13.8 Å². The lowest BCUT2D eigenvalue weighted by molar-refractivity contribution is -0.385. The summed E-state index contributed by atoms with van der Waals surface area (Å²) < 4.78 is 6.82. The van der Waals surface area contributed by atoms with E-state index in [9.17, 15) is 10.1 Å². The Labute approximate surface area is 146 Å². The van der Waals surface area contributed by atoms with Gasteiger partial charge in [0.15, 0.2) is 5.96 Å². The van der Waals surface area contributed by atoms with Gasteiger partial charge in [-0.1, -0.05) is 0 Å². The molecule has 22 heavy (non-hydrogen) atoms. The molecule has 1 aromatic rings. The summed E-state index contributed by atoms with van der Waals surface area (Å²) in [5.41, 5.74) is -0.306. The zero-order valence-electron chi connectivity index (χ0n) is 13.2. The molecule has 1 heterocycles. The summed E-state index contributed by atoms with van der Waals surface area (Å²) in [6.45, 7) is 5.59. The van der Waals surface area contributed by atoms with Crippen LogP contribution in [0.4, 0.5) is 5.69 Å². The summed E-state index contributed by atoms with van der Waals surface area (Å²) in [6.07, 6.45) is 2.63. The first-order chi connectivity index (χ1) is 9.88. The number of ether oxygens (including phenoxy) is 1. The first-order valence-electron chi connectivity index (χ1n) is 6.54. The van der Waals surface area contributed by atoms with Crippen LogP contribution in [-0.2, 0) is 11.3 Å². The highest BCUT2D eigenvalue weighted by atomic mass is 127. The molecule has 0 atom stereocenters. The summed E-state index contributed by atoms with van der Waals surface area (Å²) in [5, 5.41) is 20.7. The van der Waals surface area contributed by atoms with Crippen LogP contribution in [0.15, 0.2) is 17.4 Å². The van der Waals surface area contributed by atoms with Gasteiger partial charge in [-0.2, -0.15) is 5.10 Å². The van der Waals surface area contributed by atoms with Crippen molar-refractivity contribution in [3.63, 3.8) is 0 Å². The maximum atomic E-state index is 10.5. The number of guanidine groups is 1. The second kappa shape index (κ2) is 9.56. The summed E-state index contributed by atoms with van der Waals surface area (Å²) >= 11 is 0. The molecule has 0 unspecified atom stereocenters. The maximum Gasteiger partial charge on any atom is 0.306 e. The number of hydrogen-bond donors (Lipinski definition) is 2. The van der Waals surface area contributed by atoms with Crippen LogP contribution in [0.2, 0.25) is 0 Å². The van der Waals surface area contributed by atoms with Crippen LogP contribution in [-0.4, -0.2) is 53.5 Å². The van der Waals surface area contributed by atoms with Gasteiger partial charge in [0.25, 0.3) is 0 Å². The van der Waals surface area contributed by atoms with E-state index in [-0.39, 0.29) is 35.3 Å². The smallest absolute Gasteiger partial charge is 0.306 e. The van der Waals surface area contributed by atoms with Crippen molar-refractivity contribution in [3.8, 4) is 0 Å². The highest BCUT2D eigenvalue weighted by Gasteiger charge is 2.16. The van der Waals surface area contributed by atoms with E-state index in [2.05, 4.69) is 20.7 Å². The van der Waals surface area contributed by atoms with Gasteiger partial charge >= 0.3 is 5.69 Å². The largest absolute Gasteiger partial charge is 0.377 e. The van der Waals surface area contributed by atoms with Crippen molar-refractivity contribution in [2.75, 3.05) is 27.2 Å². The van der Waals surface area contributed by atoms with Gasteiger partial charge in [-0.15, -0.1) is 24.0 Å². The molecule has 0 amide bonds. The van der Waals surface area contributed by atoms with E-state index in [1.54, 1.807) is 14.2 Å². The molecule has 0 aliphatic heterocycles. The van der Waals surface area contributed by atoms with E-state index >= 15 is 0 Å². The van der Waals surface area contributed by atoms with Crippen molar-refractivity contribution in [1.29, 1.82) is 0 Å². The van der Waals surface area contributed by atoms with E-state index < -0.39 is 4.92 Å². The van der Waals surface area contributed by atoms with Crippen molar-refractivity contribution in [2.45, 2.75) is 26.0 Å². The minimum atomic E-state index is -0.468. The van der Waals surface area contributed by atoms with Gasteiger partial charge in [-0.25, -0.2) is 0 Å². The minimum Gasteiger partial charge on any atom is -0.377 e. The minimum absolute atomic E-state index is 0. The molecule has 0 aliphatic rings. The monoisotopic (exact) mass is 426 g/mol. The van der Waals surface area contributed by atoms with Crippen LogP contribution >= 0.6 is 24.0 Å². The first-order valence-corrected chi connectivity index (χ1v) is 6.54. The Kier molecular flexibility index (Phi) is 8.94. The third kappa shape index (κ3) is 7.02. The van der Waals surface area contributed by atoms with Gasteiger partial charge in [0.05, 0.1) is 17.1 Å². The van der Waals surface area contributed by atoms with Gasteiger partial charge in [0.2, 0.25) is 0 Å². The Hall–Kier alpha value is -1.43. The molecule has 1 rings (SSSR count). The molecule has 0 saturated heterocycles. The molecule has 0 fully saturated rings. The van der Waals surface area contributed by atoms with Crippen molar-refractivity contribution in [2.24, 2.45) is 4.99 Å². The predicted molar refractivity (Wildman–Crippen MR) is 94.7 cm³/mol. The molecule has 0 spiro atoms. The Morgan fingerprint density at radius 2 is 2.23 bits per heavy atom. The number of hydrogen-bond acceptors (Lipinski definition) is 5. The Morgan fingerprint density at radius 1 is 1.55 bits per heavy atom. The molecule has 2 N–H and O–H groups in total. The number of rotatable bonds is 7. The van der Waals surface area contributed by atoms with Crippen LogP contribution < -0.4 is 10.6 Å². The third-order valence-electron chi connectivity index (χ3n) is 2.92. The average molecular weight is 426 g/mol. The van der Waals surface area contributed by atoms with Crippen LogP contribution in [0.3, 0.4) is 0 Å². The molecule has 9 nitrogen and oxygen atoms in total. The van der Waals surface area contributed by atoms with E-state index in [0.717, 1.165) is 0 Å². The number of halogens is 1.